The fraction of sp³-hybridized carbons (Fsp3) is 0.688. The molecule has 0 aromatic carbocycles. The lowest BCUT2D eigenvalue weighted by Crippen LogP contribution is -2.48. The van der Waals surface area contributed by atoms with Crippen molar-refractivity contribution in [2.24, 2.45) is 17.8 Å². The second-order valence-electron chi connectivity index (χ2n) is 6.12. The lowest BCUT2D eigenvalue weighted by molar-refractivity contribution is -0.167. The molecule has 0 radical (unpaired) electrons. The Morgan fingerprint density at radius 3 is 2.23 bits per heavy atom. The van der Waals surface area contributed by atoms with Gasteiger partial charge in [-0.25, -0.2) is 0 Å². The molecular weight excluding hydrogens is 288 g/mol. The van der Waals surface area contributed by atoms with Crippen LogP contribution >= 0.6 is 0 Å². The standard InChI is InChI=1S/C16H24O6/c1-8(2)13-12(22-16(20)9(3)4)6-11(7-17)14(19)15(13)21-10(5)18/h6,8-9,12-13,15,17H,7H2,1-5H3. The molecule has 22 heavy (non-hydrogen) atoms. The van der Waals surface area contributed by atoms with E-state index >= 15 is 0 Å². The van der Waals surface area contributed by atoms with Gasteiger partial charge >= 0.3 is 11.9 Å². The first-order valence-electron chi connectivity index (χ1n) is 7.42. The largest absolute Gasteiger partial charge is 0.457 e. The van der Waals surface area contributed by atoms with Crippen LogP contribution in [0.25, 0.3) is 0 Å². The predicted octanol–water partition coefficient (Wildman–Crippen LogP) is 1.26. The van der Waals surface area contributed by atoms with Gasteiger partial charge < -0.3 is 14.6 Å². The second kappa shape index (κ2) is 7.54. The fourth-order valence-corrected chi connectivity index (χ4v) is 2.47. The van der Waals surface area contributed by atoms with Crippen molar-refractivity contribution in [2.75, 3.05) is 6.61 Å². The van der Waals surface area contributed by atoms with Crippen LogP contribution in [0, 0.1) is 17.8 Å². The van der Waals surface area contributed by atoms with Gasteiger partial charge in [0.15, 0.2) is 6.10 Å². The lowest BCUT2D eigenvalue weighted by Gasteiger charge is -2.37. The fourth-order valence-electron chi connectivity index (χ4n) is 2.47. The number of aliphatic hydroxyl groups is 1. The van der Waals surface area contributed by atoms with Crippen LogP contribution in [0.2, 0.25) is 0 Å². The molecule has 0 amide bonds. The summed E-state index contributed by atoms with van der Waals surface area (Å²) >= 11 is 0. The van der Waals surface area contributed by atoms with Gasteiger partial charge in [0.1, 0.15) is 6.10 Å². The van der Waals surface area contributed by atoms with Crippen LogP contribution < -0.4 is 0 Å². The number of esters is 2. The quantitative estimate of drug-likeness (QED) is 0.769. The molecule has 0 aromatic rings. The third kappa shape index (κ3) is 4.16. The predicted molar refractivity (Wildman–Crippen MR) is 78.8 cm³/mol. The molecule has 3 atom stereocenters. The minimum Gasteiger partial charge on any atom is -0.457 e. The van der Waals surface area contributed by atoms with Crippen LogP contribution in [0.4, 0.5) is 0 Å². The molecule has 0 aromatic heterocycles. The first-order chi connectivity index (χ1) is 10.2. The van der Waals surface area contributed by atoms with Crippen molar-refractivity contribution in [2.45, 2.75) is 46.8 Å². The molecule has 0 aliphatic heterocycles. The zero-order valence-corrected chi connectivity index (χ0v) is 13.7. The summed E-state index contributed by atoms with van der Waals surface area (Å²) in [5, 5.41) is 9.33. The molecule has 0 bridgehead atoms. The molecule has 0 heterocycles. The molecule has 1 aliphatic rings. The summed E-state index contributed by atoms with van der Waals surface area (Å²) in [7, 11) is 0. The van der Waals surface area contributed by atoms with Crippen LogP contribution in [0.15, 0.2) is 11.6 Å². The van der Waals surface area contributed by atoms with Gasteiger partial charge in [-0.2, -0.15) is 0 Å². The van der Waals surface area contributed by atoms with E-state index < -0.39 is 42.5 Å². The van der Waals surface area contributed by atoms with Gasteiger partial charge in [-0.1, -0.05) is 27.7 Å². The van der Waals surface area contributed by atoms with Crippen molar-refractivity contribution in [3.8, 4) is 0 Å². The van der Waals surface area contributed by atoms with Gasteiger partial charge in [0.2, 0.25) is 5.78 Å². The summed E-state index contributed by atoms with van der Waals surface area (Å²) in [6.07, 6.45) is -0.290. The molecule has 0 saturated carbocycles. The maximum Gasteiger partial charge on any atom is 0.308 e. The van der Waals surface area contributed by atoms with E-state index in [0.29, 0.717) is 0 Å². The average molecular weight is 312 g/mol. The third-order valence-electron chi connectivity index (χ3n) is 3.63. The molecule has 1 rings (SSSR count). The summed E-state index contributed by atoms with van der Waals surface area (Å²) in [5.41, 5.74) is 0.102. The third-order valence-corrected chi connectivity index (χ3v) is 3.63. The number of carbonyl (C=O) groups is 3. The summed E-state index contributed by atoms with van der Waals surface area (Å²) < 4.78 is 10.6. The first kappa shape index (κ1) is 18.4. The molecule has 0 fully saturated rings. The SMILES string of the molecule is CC(=O)OC1C(=O)C(CO)=CC(OC(=O)C(C)C)C1C(C)C. The van der Waals surface area contributed by atoms with Gasteiger partial charge in [-0.05, 0) is 12.0 Å². The summed E-state index contributed by atoms with van der Waals surface area (Å²) in [4.78, 5) is 35.5. The van der Waals surface area contributed by atoms with Gasteiger partial charge in [0.05, 0.1) is 12.5 Å². The van der Waals surface area contributed by atoms with Crippen molar-refractivity contribution >= 4 is 17.7 Å². The van der Waals surface area contributed by atoms with Crippen LogP contribution in [0.3, 0.4) is 0 Å². The molecule has 1 N–H and O–H groups in total. The normalized spacial score (nSPS) is 25.2. The van der Waals surface area contributed by atoms with E-state index in [-0.39, 0.29) is 17.4 Å². The highest BCUT2D eigenvalue weighted by molar-refractivity contribution is 6.01. The minimum atomic E-state index is -1.05. The summed E-state index contributed by atoms with van der Waals surface area (Å²) in [6, 6.07) is 0. The highest BCUT2D eigenvalue weighted by Crippen LogP contribution is 2.32. The Morgan fingerprint density at radius 2 is 1.82 bits per heavy atom. The molecule has 1 aliphatic carbocycles. The molecular formula is C16H24O6. The van der Waals surface area contributed by atoms with Gasteiger partial charge in [-0.3, -0.25) is 14.4 Å². The van der Waals surface area contributed by atoms with Crippen molar-refractivity contribution in [1.82, 2.24) is 0 Å². The average Bonchev–Trinajstić information content (AvgIpc) is 2.40. The first-order valence-corrected chi connectivity index (χ1v) is 7.42. The number of Topliss-reactive ketones (excluding diaryl/α,β-unsaturated/α-hetero) is 1. The molecule has 0 spiro atoms. The maximum absolute atomic E-state index is 12.3. The number of rotatable bonds is 5. The highest BCUT2D eigenvalue weighted by Gasteiger charge is 2.44. The maximum atomic E-state index is 12.3. The number of hydrogen-bond acceptors (Lipinski definition) is 6. The Bertz CT molecular complexity index is 477. The van der Waals surface area contributed by atoms with Crippen molar-refractivity contribution < 1.29 is 29.0 Å². The number of aliphatic hydroxyl groups excluding tert-OH is 1. The number of ketones is 1. The Morgan fingerprint density at radius 1 is 1.23 bits per heavy atom. The highest BCUT2D eigenvalue weighted by atomic mass is 16.6. The van der Waals surface area contributed by atoms with Crippen LogP contribution in [-0.2, 0) is 23.9 Å². The van der Waals surface area contributed by atoms with Crippen molar-refractivity contribution in [3.63, 3.8) is 0 Å². The van der Waals surface area contributed by atoms with E-state index in [9.17, 15) is 19.5 Å². The summed E-state index contributed by atoms with van der Waals surface area (Å²) in [5.74, 6) is -2.28. The van der Waals surface area contributed by atoms with E-state index in [0.717, 1.165) is 0 Å². The Balaban J connectivity index is 3.19. The lowest BCUT2D eigenvalue weighted by atomic mass is 9.77. The number of ether oxygens (including phenoxy) is 2. The van der Waals surface area contributed by atoms with Crippen LogP contribution in [-0.4, -0.2) is 41.6 Å². The van der Waals surface area contributed by atoms with E-state index in [2.05, 4.69) is 0 Å². The van der Waals surface area contributed by atoms with E-state index in [1.165, 1.54) is 13.0 Å². The van der Waals surface area contributed by atoms with E-state index in [1.54, 1.807) is 13.8 Å². The smallest absolute Gasteiger partial charge is 0.308 e. The van der Waals surface area contributed by atoms with E-state index in [4.69, 9.17) is 9.47 Å². The Labute approximate surface area is 130 Å². The van der Waals surface area contributed by atoms with E-state index in [1.807, 2.05) is 13.8 Å². The monoisotopic (exact) mass is 312 g/mol. The summed E-state index contributed by atoms with van der Waals surface area (Å²) in [6.45, 7) is 7.88. The minimum absolute atomic E-state index is 0.0604. The Kier molecular flexibility index (Phi) is 6.29. The molecule has 6 heteroatoms. The van der Waals surface area contributed by atoms with Gasteiger partial charge in [-0.15, -0.1) is 0 Å². The van der Waals surface area contributed by atoms with Crippen molar-refractivity contribution in [3.05, 3.63) is 11.6 Å². The van der Waals surface area contributed by atoms with Crippen molar-refractivity contribution in [1.29, 1.82) is 0 Å². The van der Waals surface area contributed by atoms with Gasteiger partial charge in [0, 0.05) is 18.4 Å². The molecule has 3 unspecified atom stereocenters. The van der Waals surface area contributed by atoms with Crippen LogP contribution in [0.5, 0.6) is 0 Å². The molecule has 124 valence electrons. The molecule has 6 nitrogen and oxygen atoms in total. The van der Waals surface area contributed by atoms with Gasteiger partial charge in [0.25, 0.3) is 0 Å². The van der Waals surface area contributed by atoms with Crippen LogP contribution in [0.1, 0.15) is 34.6 Å². The topological polar surface area (TPSA) is 89.9 Å². The Hall–Kier alpha value is -1.69. The number of carbonyl (C=O) groups excluding carboxylic acids is 3. The number of hydrogen-bond donors (Lipinski definition) is 1. The zero-order valence-electron chi connectivity index (χ0n) is 13.7. The molecule has 0 saturated heterocycles. The zero-order chi connectivity index (χ0) is 17.0. The second-order valence-corrected chi connectivity index (χ2v) is 6.12.